The highest BCUT2D eigenvalue weighted by Crippen LogP contribution is 2.34. The molecule has 35 heavy (non-hydrogen) atoms. The summed E-state index contributed by atoms with van der Waals surface area (Å²) < 4.78 is 13.1. The molecule has 0 bridgehead atoms. The van der Waals surface area contributed by atoms with E-state index in [0.717, 1.165) is 54.9 Å². The van der Waals surface area contributed by atoms with Crippen molar-refractivity contribution in [3.05, 3.63) is 59.5 Å². The van der Waals surface area contributed by atoms with E-state index in [0.29, 0.717) is 17.9 Å². The molecule has 3 aromatic rings. The smallest absolute Gasteiger partial charge is 0.221 e. The number of aromatic nitrogens is 2. The number of carbonyl (C=O) groups excluding carboxylic acids is 1. The van der Waals surface area contributed by atoms with Gasteiger partial charge < -0.3 is 24.1 Å². The van der Waals surface area contributed by atoms with Gasteiger partial charge in [-0.05, 0) is 81.7 Å². The summed E-state index contributed by atoms with van der Waals surface area (Å²) in [6.45, 7) is 11.7. The van der Waals surface area contributed by atoms with E-state index in [-0.39, 0.29) is 17.9 Å². The maximum atomic E-state index is 13.2. The van der Waals surface area contributed by atoms with Gasteiger partial charge in [0.2, 0.25) is 5.91 Å². The van der Waals surface area contributed by atoms with Gasteiger partial charge in [-0.3, -0.25) is 4.79 Å². The zero-order valence-electron chi connectivity index (χ0n) is 22.0. The molecule has 0 saturated heterocycles. The molecule has 2 heterocycles. The van der Waals surface area contributed by atoms with Gasteiger partial charge in [-0.15, -0.1) is 0 Å². The third kappa shape index (κ3) is 6.98. The van der Waals surface area contributed by atoms with E-state index < -0.39 is 0 Å². The van der Waals surface area contributed by atoms with Crippen molar-refractivity contribution < 1.29 is 14.3 Å². The third-order valence-corrected chi connectivity index (χ3v) is 6.63. The lowest BCUT2D eigenvalue weighted by Crippen LogP contribution is -2.34. The van der Waals surface area contributed by atoms with Crippen LogP contribution >= 0.6 is 0 Å². The quantitative estimate of drug-likeness (QED) is 0.380. The number of pyridine rings is 1. The van der Waals surface area contributed by atoms with Crippen LogP contribution in [0.3, 0.4) is 0 Å². The van der Waals surface area contributed by atoms with Crippen LogP contribution in [0.25, 0.3) is 5.65 Å². The molecule has 0 fully saturated rings. The molecule has 1 amide bonds. The van der Waals surface area contributed by atoms with Crippen LogP contribution in [-0.2, 0) is 4.79 Å². The Balaban J connectivity index is 1.83. The van der Waals surface area contributed by atoms with Gasteiger partial charge in [-0.1, -0.05) is 13.8 Å². The predicted molar refractivity (Wildman–Crippen MR) is 141 cm³/mol. The number of benzene rings is 1. The number of rotatable bonds is 13. The largest absolute Gasteiger partial charge is 0.497 e. The highest BCUT2D eigenvalue weighted by atomic mass is 16.5. The standard InChI is InChI=1S/C28H40N4O3/c1-7-31(8-2)12-9-10-21(4)30-28(33)18-25(22-15-23(34-5)17-24(16-22)35-6)26-19-29-27-14-20(3)11-13-32(26)27/h11,13-17,19,21,25H,7-10,12,18H2,1-6H3,(H,30,33). The summed E-state index contributed by atoms with van der Waals surface area (Å²) in [7, 11) is 3.27. The number of hydrogen-bond donors (Lipinski definition) is 1. The molecular weight excluding hydrogens is 440 g/mol. The fraction of sp³-hybridized carbons (Fsp3) is 0.500. The first-order chi connectivity index (χ1) is 16.9. The Morgan fingerprint density at radius 3 is 2.43 bits per heavy atom. The Labute approximate surface area is 209 Å². The molecule has 2 unspecified atom stereocenters. The van der Waals surface area contributed by atoms with Crippen molar-refractivity contribution in [2.24, 2.45) is 0 Å². The van der Waals surface area contributed by atoms with Crippen LogP contribution in [0.15, 0.2) is 42.7 Å². The highest BCUT2D eigenvalue weighted by molar-refractivity contribution is 5.78. The van der Waals surface area contributed by atoms with Crippen LogP contribution in [0.5, 0.6) is 11.5 Å². The maximum absolute atomic E-state index is 13.2. The van der Waals surface area contributed by atoms with E-state index in [4.69, 9.17) is 9.47 Å². The minimum absolute atomic E-state index is 0.0224. The number of nitrogens with one attached hydrogen (secondary N) is 1. The van der Waals surface area contributed by atoms with Gasteiger partial charge in [-0.25, -0.2) is 4.98 Å². The van der Waals surface area contributed by atoms with Gasteiger partial charge in [0.15, 0.2) is 0 Å². The van der Waals surface area contributed by atoms with Gasteiger partial charge in [0.25, 0.3) is 0 Å². The molecule has 0 spiro atoms. The molecule has 1 N–H and O–H groups in total. The zero-order valence-corrected chi connectivity index (χ0v) is 22.0. The van der Waals surface area contributed by atoms with Crippen LogP contribution in [0.1, 0.15) is 62.8 Å². The number of hydrogen-bond acceptors (Lipinski definition) is 5. The van der Waals surface area contributed by atoms with Crippen molar-refractivity contribution in [3.63, 3.8) is 0 Å². The fourth-order valence-electron chi connectivity index (χ4n) is 4.54. The number of ether oxygens (including phenoxy) is 2. The Morgan fingerprint density at radius 1 is 1.11 bits per heavy atom. The molecule has 190 valence electrons. The summed E-state index contributed by atoms with van der Waals surface area (Å²) in [5, 5.41) is 3.22. The summed E-state index contributed by atoms with van der Waals surface area (Å²) >= 11 is 0. The van der Waals surface area contributed by atoms with Crippen molar-refractivity contribution in [2.75, 3.05) is 33.9 Å². The summed E-state index contributed by atoms with van der Waals surface area (Å²) in [5.41, 5.74) is 3.92. The lowest BCUT2D eigenvalue weighted by atomic mass is 9.91. The number of nitrogens with zero attached hydrogens (tertiary/aromatic N) is 3. The summed E-state index contributed by atoms with van der Waals surface area (Å²) in [5.74, 6) is 1.20. The van der Waals surface area contributed by atoms with Gasteiger partial charge in [0.05, 0.1) is 19.9 Å². The van der Waals surface area contributed by atoms with Crippen molar-refractivity contribution in [1.29, 1.82) is 0 Å². The van der Waals surface area contributed by atoms with Crippen LogP contribution in [0, 0.1) is 6.92 Å². The van der Waals surface area contributed by atoms with Crippen molar-refractivity contribution >= 4 is 11.6 Å². The van der Waals surface area contributed by atoms with Crippen LogP contribution in [0.2, 0.25) is 0 Å². The number of methoxy groups -OCH3 is 2. The van der Waals surface area contributed by atoms with Crippen LogP contribution in [0.4, 0.5) is 0 Å². The van der Waals surface area contributed by atoms with E-state index in [9.17, 15) is 4.79 Å². The Hall–Kier alpha value is -3.06. The molecule has 0 aliphatic carbocycles. The molecule has 1 aromatic carbocycles. The van der Waals surface area contributed by atoms with E-state index >= 15 is 0 Å². The van der Waals surface area contributed by atoms with Gasteiger partial charge in [0.1, 0.15) is 17.1 Å². The van der Waals surface area contributed by atoms with E-state index in [1.54, 1.807) is 14.2 Å². The second-order valence-electron chi connectivity index (χ2n) is 9.16. The Morgan fingerprint density at radius 2 is 1.80 bits per heavy atom. The van der Waals surface area contributed by atoms with Gasteiger partial charge in [-0.2, -0.15) is 0 Å². The molecule has 0 radical (unpaired) electrons. The molecule has 0 saturated carbocycles. The first-order valence-electron chi connectivity index (χ1n) is 12.6. The number of aryl methyl sites for hydroxylation is 1. The number of fused-ring (bicyclic) bond motifs is 1. The number of carbonyl (C=O) groups is 1. The molecule has 2 aromatic heterocycles. The lowest BCUT2D eigenvalue weighted by Gasteiger charge is -2.22. The normalized spacial score (nSPS) is 13.1. The molecule has 2 atom stereocenters. The summed E-state index contributed by atoms with van der Waals surface area (Å²) in [6.07, 6.45) is 6.21. The van der Waals surface area contributed by atoms with Crippen LogP contribution in [-0.4, -0.2) is 60.1 Å². The lowest BCUT2D eigenvalue weighted by molar-refractivity contribution is -0.122. The third-order valence-electron chi connectivity index (χ3n) is 6.63. The molecular formula is C28H40N4O3. The Kier molecular flexibility index (Phi) is 9.55. The van der Waals surface area contributed by atoms with Crippen molar-refractivity contribution in [2.45, 2.75) is 58.9 Å². The molecule has 3 rings (SSSR count). The predicted octanol–water partition coefficient (Wildman–Crippen LogP) is 4.81. The van der Waals surface area contributed by atoms with Crippen LogP contribution < -0.4 is 14.8 Å². The maximum Gasteiger partial charge on any atom is 0.221 e. The van der Waals surface area contributed by atoms with E-state index in [1.807, 2.05) is 43.6 Å². The highest BCUT2D eigenvalue weighted by Gasteiger charge is 2.24. The van der Waals surface area contributed by atoms with Crippen molar-refractivity contribution in [1.82, 2.24) is 19.6 Å². The molecule has 7 heteroatoms. The summed E-state index contributed by atoms with van der Waals surface area (Å²) in [6, 6.07) is 10.0. The molecule has 0 aliphatic rings. The first-order valence-corrected chi connectivity index (χ1v) is 12.6. The zero-order chi connectivity index (χ0) is 25.4. The Bertz CT molecular complexity index is 1080. The number of amides is 1. The van der Waals surface area contributed by atoms with E-state index in [1.165, 1.54) is 0 Å². The summed E-state index contributed by atoms with van der Waals surface area (Å²) in [4.78, 5) is 20.3. The monoisotopic (exact) mass is 480 g/mol. The second-order valence-corrected chi connectivity index (χ2v) is 9.16. The first kappa shape index (κ1) is 26.5. The van der Waals surface area contributed by atoms with E-state index in [2.05, 4.69) is 46.4 Å². The average Bonchev–Trinajstić information content (AvgIpc) is 3.27. The topological polar surface area (TPSA) is 68.1 Å². The SMILES string of the molecule is CCN(CC)CCCC(C)NC(=O)CC(c1cc(OC)cc(OC)c1)c1cnc2cc(C)ccn12. The minimum Gasteiger partial charge on any atom is -0.497 e. The van der Waals surface area contributed by atoms with Crippen molar-refractivity contribution in [3.8, 4) is 11.5 Å². The van der Waals surface area contributed by atoms with Gasteiger partial charge >= 0.3 is 0 Å². The average molecular weight is 481 g/mol. The molecule has 7 nitrogen and oxygen atoms in total. The second kappa shape index (κ2) is 12.6. The number of imidazole rings is 1. The fourth-order valence-corrected chi connectivity index (χ4v) is 4.54. The van der Waals surface area contributed by atoms with Gasteiger partial charge in [0, 0.05) is 36.8 Å². The molecule has 0 aliphatic heterocycles. The minimum atomic E-state index is -0.209.